The van der Waals surface area contributed by atoms with Crippen LogP contribution in [0.3, 0.4) is 0 Å². The molecule has 0 saturated heterocycles. The Hall–Kier alpha value is -2.41. The van der Waals surface area contributed by atoms with E-state index in [1.807, 2.05) is 6.92 Å². The second-order valence-corrected chi connectivity index (χ2v) is 6.58. The standard InChI is InChI=1S/C18H22O7/c1-3-8-25-11-6-4-10(5-7-11)13-14(16(20)21)12(19)9-18(2,24)15(13)17(22)23/h4-7,13-15,24H,3,8-9H2,1-2H3,(H,20,21)(H,22,23). The molecule has 0 amide bonds. The number of carboxylic acid groups (broad SMARTS) is 2. The Morgan fingerprint density at radius 2 is 1.80 bits per heavy atom. The van der Waals surface area contributed by atoms with E-state index in [1.165, 1.54) is 6.92 Å². The molecule has 0 aromatic heterocycles. The molecule has 2 rings (SSSR count). The number of carboxylic acids is 2. The highest BCUT2D eigenvalue weighted by Gasteiger charge is 2.56. The average Bonchev–Trinajstić information content (AvgIpc) is 2.50. The van der Waals surface area contributed by atoms with Gasteiger partial charge in [0.05, 0.1) is 18.1 Å². The predicted octanol–water partition coefficient (Wildman–Crippen LogP) is 1.68. The molecule has 1 aliphatic carbocycles. The van der Waals surface area contributed by atoms with Gasteiger partial charge in [0.2, 0.25) is 0 Å². The predicted molar refractivity (Wildman–Crippen MR) is 87.5 cm³/mol. The minimum absolute atomic E-state index is 0.372. The van der Waals surface area contributed by atoms with Crippen molar-refractivity contribution in [1.29, 1.82) is 0 Å². The van der Waals surface area contributed by atoms with E-state index >= 15 is 0 Å². The summed E-state index contributed by atoms with van der Waals surface area (Å²) in [6, 6.07) is 6.32. The number of aliphatic hydroxyl groups is 1. The molecule has 7 nitrogen and oxygen atoms in total. The number of ketones is 1. The zero-order chi connectivity index (χ0) is 18.8. The van der Waals surface area contributed by atoms with Crippen molar-refractivity contribution in [3.8, 4) is 5.75 Å². The monoisotopic (exact) mass is 350 g/mol. The van der Waals surface area contributed by atoms with Crippen LogP contribution < -0.4 is 4.74 Å². The van der Waals surface area contributed by atoms with Crippen molar-refractivity contribution in [2.45, 2.75) is 38.2 Å². The molecule has 7 heteroatoms. The Morgan fingerprint density at radius 1 is 1.20 bits per heavy atom. The molecule has 136 valence electrons. The number of hydrogen-bond donors (Lipinski definition) is 3. The third kappa shape index (κ3) is 3.82. The number of benzene rings is 1. The van der Waals surface area contributed by atoms with Crippen LogP contribution >= 0.6 is 0 Å². The maximum Gasteiger partial charge on any atom is 0.314 e. The van der Waals surface area contributed by atoms with Crippen molar-refractivity contribution in [2.24, 2.45) is 11.8 Å². The fraction of sp³-hybridized carbons (Fsp3) is 0.500. The van der Waals surface area contributed by atoms with Crippen LogP contribution in [0, 0.1) is 11.8 Å². The van der Waals surface area contributed by atoms with E-state index in [2.05, 4.69) is 0 Å². The molecule has 0 bridgehead atoms. The van der Waals surface area contributed by atoms with Crippen molar-refractivity contribution in [3.05, 3.63) is 29.8 Å². The fourth-order valence-electron chi connectivity index (χ4n) is 3.45. The van der Waals surface area contributed by atoms with Crippen LogP contribution in [0.1, 0.15) is 38.2 Å². The molecule has 1 aliphatic rings. The lowest BCUT2D eigenvalue weighted by molar-refractivity contribution is -0.167. The summed E-state index contributed by atoms with van der Waals surface area (Å²) in [7, 11) is 0. The number of hydrogen-bond acceptors (Lipinski definition) is 5. The molecule has 1 aromatic rings. The largest absolute Gasteiger partial charge is 0.494 e. The van der Waals surface area contributed by atoms with Gasteiger partial charge in [0.25, 0.3) is 0 Å². The van der Waals surface area contributed by atoms with E-state index in [4.69, 9.17) is 4.74 Å². The highest BCUT2D eigenvalue weighted by molar-refractivity contribution is 6.02. The Balaban J connectivity index is 2.47. The van der Waals surface area contributed by atoms with Gasteiger partial charge in [-0.15, -0.1) is 0 Å². The van der Waals surface area contributed by atoms with Crippen molar-refractivity contribution in [1.82, 2.24) is 0 Å². The number of carbonyl (C=O) groups excluding carboxylic acids is 1. The first kappa shape index (κ1) is 18.9. The molecule has 1 fully saturated rings. The lowest BCUT2D eigenvalue weighted by Gasteiger charge is -2.42. The lowest BCUT2D eigenvalue weighted by atomic mass is 9.62. The minimum Gasteiger partial charge on any atom is -0.494 e. The molecule has 3 N–H and O–H groups in total. The van der Waals surface area contributed by atoms with E-state index in [1.54, 1.807) is 24.3 Å². The first-order valence-electron chi connectivity index (χ1n) is 8.12. The molecule has 0 radical (unpaired) electrons. The van der Waals surface area contributed by atoms with Gasteiger partial charge in [-0.05, 0) is 31.0 Å². The molecule has 0 spiro atoms. The van der Waals surface area contributed by atoms with Gasteiger partial charge in [-0.25, -0.2) is 0 Å². The minimum atomic E-state index is -1.82. The van der Waals surface area contributed by atoms with Crippen molar-refractivity contribution in [3.63, 3.8) is 0 Å². The van der Waals surface area contributed by atoms with Gasteiger partial charge >= 0.3 is 11.9 Å². The normalized spacial score (nSPS) is 29.2. The summed E-state index contributed by atoms with van der Waals surface area (Å²) in [4.78, 5) is 35.6. The second-order valence-electron chi connectivity index (χ2n) is 6.58. The Labute approximate surface area is 145 Å². The van der Waals surface area contributed by atoms with Gasteiger partial charge < -0.3 is 20.1 Å². The SMILES string of the molecule is CCCOc1ccc(C2C(C(=O)O)C(=O)CC(C)(O)C2C(=O)O)cc1. The van der Waals surface area contributed by atoms with Crippen molar-refractivity contribution >= 4 is 17.7 Å². The molecule has 1 aromatic carbocycles. The van der Waals surface area contributed by atoms with Gasteiger partial charge in [-0.3, -0.25) is 14.4 Å². The molecule has 4 unspecified atom stereocenters. The summed E-state index contributed by atoms with van der Waals surface area (Å²) in [5, 5.41) is 29.5. The van der Waals surface area contributed by atoms with Crippen molar-refractivity contribution < 1.29 is 34.4 Å². The zero-order valence-corrected chi connectivity index (χ0v) is 14.1. The first-order chi connectivity index (χ1) is 11.7. The van der Waals surface area contributed by atoms with Gasteiger partial charge in [-0.2, -0.15) is 0 Å². The smallest absolute Gasteiger partial charge is 0.314 e. The van der Waals surface area contributed by atoms with Gasteiger partial charge in [0.15, 0.2) is 5.78 Å². The van der Waals surface area contributed by atoms with Gasteiger partial charge in [0, 0.05) is 12.3 Å². The molecule has 0 aliphatic heterocycles. The molecule has 25 heavy (non-hydrogen) atoms. The number of Topliss-reactive ketones (excluding diaryl/α,β-unsaturated/α-hetero) is 1. The summed E-state index contributed by atoms with van der Waals surface area (Å²) in [5.41, 5.74) is -1.45. The maximum absolute atomic E-state index is 12.3. The summed E-state index contributed by atoms with van der Waals surface area (Å²) in [6.45, 7) is 3.73. The van der Waals surface area contributed by atoms with Crippen LogP contribution in [0.4, 0.5) is 0 Å². The Kier molecular flexibility index (Phi) is 5.47. The number of aliphatic carboxylic acids is 2. The van der Waals surface area contributed by atoms with Crippen LogP contribution in [-0.2, 0) is 14.4 Å². The Morgan fingerprint density at radius 3 is 2.28 bits per heavy atom. The van der Waals surface area contributed by atoms with Crippen LogP contribution in [0.2, 0.25) is 0 Å². The van der Waals surface area contributed by atoms with E-state index < -0.39 is 47.5 Å². The fourth-order valence-corrected chi connectivity index (χ4v) is 3.45. The lowest BCUT2D eigenvalue weighted by Crippen LogP contribution is -2.54. The summed E-state index contributed by atoms with van der Waals surface area (Å²) >= 11 is 0. The van der Waals surface area contributed by atoms with Crippen molar-refractivity contribution in [2.75, 3.05) is 6.61 Å². The van der Waals surface area contributed by atoms with Gasteiger partial charge in [0.1, 0.15) is 11.7 Å². The molecular weight excluding hydrogens is 328 g/mol. The highest BCUT2D eigenvalue weighted by Crippen LogP contribution is 2.46. The van der Waals surface area contributed by atoms with E-state index in [9.17, 15) is 29.7 Å². The highest BCUT2D eigenvalue weighted by atomic mass is 16.5. The zero-order valence-electron chi connectivity index (χ0n) is 14.1. The topological polar surface area (TPSA) is 121 Å². The number of carbonyl (C=O) groups is 3. The van der Waals surface area contributed by atoms with Crippen LogP contribution in [-0.4, -0.2) is 45.2 Å². The maximum atomic E-state index is 12.3. The van der Waals surface area contributed by atoms with Gasteiger partial charge in [-0.1, -0.05) is 19.1 Å². The quantitative estimate of drug-likeness (QED) is 0.667. The van der Waals surface area contributed by atoms with E-state index in [-0.39, 0.29) is 0 Å². The van der Waals surface area contributed by atoms with Crippen LogP contribution in [0.25, 0.3) is 0 Å². The molecule has 4 atom stereocenters. The summed E-state index contributed by atoms with van der Waals surface area (Å²) in [6.07, 6.45) is 0.319. The number of ether oxygens (including phenoxy) is 1. The van der Waals surface area contributed by atoms with E-state index in [0.29, 0.717) is 17.9 Å². The summed E-state index contributed by atoms with van der Waals surface area (Å²) < 4.78 is 5.46. The third-order valence-corrected chi connectivity index (χ3v) is 4.54. The third-order valence-electron chi connectivity index (χ3n) is 4.54. The number of rotatable bonds is 6. The Bertz CT molecular complexity index is 663. The average molecular weight is 350 g/mol. The first-order valence-corrected chi connectivity index (χ1v) is 8.12. The molecular formula is C18H22O7. The second kappa shape index (κ2) is 7.23. The van der Waals surface area contributed by atoms with Crippen LogP contribution in [0.15, 0.2) is 24.3 Å². The molecule has 0 heterocycles. The van der Waals surface area contributed by atoms with Crippen LogP contribution in [0.5, 0.6) is 5.75 Å². The molecule has 1 saturated carbocycles. The summed E-state index contributed by atoms with van der Waals surface area (Å²) in [5.74, 6) is -6.91. The van der Waals surface area contributed by atoms with E-state index in [0.717, 1.165) is 6.42 Å².